The van der Waals surface area contributed by atoms with Crippen LogP contribution in [0, 0.1) is 11.8 Å². The molecule has 1 rings (SSSR count). The highest BCUT2D eigenvalue weighted by atomic mass is 28.3. The molecule has 1 aromatic carbocycles. The van der Waals surface area contributed by atoms with Crippen molar-refractivity contribution in [2.45, 2.75) is 57.8 Å². The predicted molar refractivity (Wildman–Crippen MR) is 86.1 cm³/mol. The van der Waals surface area contributed by atoms with Gasteiger partial charge in [0.05, 0.1) is 0 Å². The number of hydrogen-bond acceptors (Lipinski definition) is 1. The normalized spacial score (nSPS) is 14.4. The molecule has 0 aliphatic carbocycles. The third-order valence-corrected chi connectivity index (χ3v) is 8.31. The number of unbranched alkanes of at least 4 members (excludes halogenated alkanes) is 2. The lowest BCUT2D eigenvalue weighted by Gasteiger charge is -2.37. The molecule has 0 aliphatic heterocycles. The summed E-state index contributed by atoms with van der Waals surface area (Å²) in [5.41, 5.74) is 0. The predicted octanol–water partition coefficient (Wildman–Crippen LogP) is 3.48. The average Bonchev–Trinajstić information content (AvgIpc) is 2.44. The third kappa shape index (κ3) is 3.71. The van der Waals surface area contributed by atoms with E-state index in [0.717, 1.165) is 19.3 Å². The van der Waals surface area contributed by atoms with Crippen LogP contribution in [0.1, 0.15) is 39.5 Å². The van der Waals surface area contributed by atoms with Crippen LogP contribution in [0.5, 0.6) is 0 Å². The molecule has 2 heteroatoms. The van der Waals surface area contributed by atoms with E-state index in [2.05, 4.69) is 44.0 Å². The molecule has 0 amide bonds. The van der Waals surface area contributed by atoms with Crippen LogP contribution in [0.2, 0.25) is 13.1 Å². The Bertz CT molecular complexity index is 441. The fourth-order valence-corrected chi connectivity index (χ4v) is 5.04. The minimum atomic E-state index is -2.01. The van der Waals surface area contributed by atoms with Gasteiger partial charge in [0.15, 0.2) is 0 Å². The van der Waals surface area contributed by atoms with E-state index in [-0.39, 0.29) is 0 Å². The first-order valence-electron chi connectivity index (χ1n) is 7.26. The fraction of sp³-hybridized carbons (Fsp3) is 0.529. The van der Waals surface area contributed by atoms with Crippen molar-refractivity contribution in [2.75, 3.05) is 0 Å². The quantitative estimate of drug-likeness (QED) is 0.495. The molecule has 0 aliphatic rings. The van der Waals surface area contributed by atoms with Gasteiger partial charge in [0.2, 0.25) is 0 Å². The maximum absolute atomic E-state index is 11.0. The van der Waals surface area contributed by atoms with E-state index in [1.54, 1.807) is 0 Å². The molecule has 1 aromatic rings. The van der Waals surface area contributed by atoms with Gasteiger partial charge in [0, 0.05) is 6.42 Å². The van der Waals surface area contributed by atoms with Gasteiger partial charge in [-0.25, -0.2) is 0 Å². The largest absolute Gasteiger partial charge is 0.381 e. The van der Waals surface area contributed by atoms with Gasteiger partial charge in [-0.05, 0) is 12.8 Å². The van der Waals surface area contributed by atoms with Crippen molar-refractivity contribution < 1.29 is 5.11 Å². The smallest absolute Gasteiger partial charge is 0.132 e. The molecule has 1 N–H and O–H groups in total. The van der Waals surface area contributed by atoms with Crippen molar-refractivity contribution in [3.63, 3.8) is 0 Å². The molecule has 0 saturated carbocycles. The van der Waals surface area contributed by atoms with Gasteiger partial charge in [-0.3, -0.25) is 0 Å². The van der Waals surface area contributed by atoms with Crippen LogP contribution in [-0.4, -0.2) is 18.4 Å². The second-order valence-corrected chi connectivity index (χ2v) is 10.3. The number of rotatable bonds is 5. The number of benzene rings is 1. The van der Waals surface area contributed by atoms with E-state index in [1.807, 2.05) is 25.1 Å². The van der Waals surface area contributed by atoms with Gasteiger partial charge in [-0.15, -0.1) is 5.92 Å². The summed E-state index contributed by atoms with van der Waals surface area (Å²) in [6.07, 6.45) is 3.84. The minimum Gasteiger partial charge on any atom is -0.381 e. The van der Waals surface area contributed by atoms with E-state index in [0.29, 0.717) is 6.42 Å². The molecular weight excluding hydrogens is 248 g/mol. The van der Waals surface area contributed by atoms with Gasteiger partial charge in [-0.2, -0.15) is 0 Å². The van der Waals surface area contributed by atoms with Crippen molar-refractivity contribution in [1.82, 2.24) is 0 Å². The van der Waals surface area contributed by atoms with Gasteiger partial charge < -0.3 is 5.11 Å². The molecule has 0 bridgehead atoms. The molecule has 0 heterocycles. The Balaban J connectivity index is 3.02. The molecule has 0 spiro atoms. The van der Waals surface area contributed by atoms with Crippen LogP contribution < -0.4 is 5.19 Å². The zero-order valence-corrected chi connectivity index (χ0v) is 13.7. The Morgan fingerprint density at radius 3 is 2.32 bits per heavy atom. The summed E-state index contributed by atoms with van der Waals surface area (Å²) in [6, 6.07) is 10.4. The van der Waals surface area contributed by atoms with Crippen LogP contribution in [0.25, 0.3) is 0 Å². The highest BCUT2D eigenvalue weighted by molar-refractivity contribution is 6.92. The SMILES string of the molecule is CCCCC#CC(O)(CC)[Si](C)(C)c1ccccc1. The highest BCUT2D eigenvalue weighted by Crippen LogP contribution is 2.24. The Morgan fingerprint density at radius 1 is 1.16 bits per heavy atom. The first-order chi connectivity index (χ1) is 8.98. The summed E-state index contributed by atoms with van der Waals surface area (Å²) in [4.78, 5) is 0. The third-order valence-electron chi connectivity index (χ3n) is 3.99. The number of hydrogen-bond donors (Lipinski definition) is 1. The molecule has 1 atom stereocenters. The lowest BCUT2D eigenvalue weighted by Crippen LogP contribution is -2.61. The molecule has 0 aromatic heterocycles. The van der Waals surface area contributed by atoms with E-state index in [1.165, 1.54) is 5.19 Å². The van der Waals surface area contributed by atoms with Gasteiger partial charge in [0.25, 0.3) is 0 Å². The van der Waals surface area contributed by atoms with E-state index >= 15 is 0 Å². The van der Waals surface area contributed by atoms with Crippen LogP contribution >= 0.6 is 0 Å². The maximum atomic E-state index is 11.0. The first-order valence-corrected chi connectivity index (χ1v) is 10.3. The van der Waals surface area contributed by atoms with Gasteiger partial charge >= 0.3 is 0 Å². The lowest BCUT2D eigenvalue weighted by molar-refractivity contribution is 0.173. The Morgan fingerprint density at radius 2 is 1.79 bits per heavy atom. The van der Waals surface area contributed by atoms with E-state index < -0.39 is 13.3 Å². The zero-order chi connectivity index (χ0) is 14.4. The molecule has 104 valence electrons. The maximum Gasteiger partial charge on any atom is 0.132 e. The summed E-state index contributed by atoms with van der Waals surface area (Å²) >= 11 is 0. The Labute approximate surface area is 119 Å². The van der Waals surface area contributed by atoms with Gasteiger partial charge in [-0.1, -0.05) is 74.8 Å². The molecule has 19 heavy (non-hydrogen) atoms. The monoisotopic (exact) mass is 274 g/mol. The number of aliphatic hydroxyl groups is 1. The molecule has 1 nitrogen and oxygen atoms in total. The van der Waals surface area contributed by atoms with Crippen LogP contribution in [0.3, 0.4) is 0 Å². The van der Waals surface area contributed by atoms with Crippen LogP contribution in [0.15, 0.2) is 30.3 Å². The van der Waals surface area contributed by atoms with Crippen LogP contribution in [-0.2, 0) is 0 Å². The van der Waals surface area contributed by atoms with Gasteiger partial charge in [0.1, 0.15) is 13.3 Å². The standard InChI is InChI=1S/C17H26OSi/c1-5-7-8-12-15-17(18,6-2)19(3,4)16-13-10-9-11-14-16/h9-11,13-14,18H,5-8H2,1-4H3. The van der Waals surface area contributed by atoms with E-state index in [9.17, 15) is 5.11 Å². The molecule has 0 saturated heterocycles. The van der Waals surface area contributed by atoms with Crippen molar-refractivity contribution in [3.8, 4) is 11.8 Å². The first kappa shape index (κ1) is 16.0. The fourth-order valence-electron chi connectivity index (χ4n) is 2.25. The summed E-state index contributed by atoms with van der Waals surface area (Å²) < 4.78 is 0. The summed E-state index contributed by atoms with van der Waals surface area (Å²) in [5.74, 6) is 6.38. The van der Waals surface area contributed by atoms with Crippen molar-refractivity contribution in [3.05, 3.63) is 30.3 Å². The zero-order valence-electron chi connectivity index (χ0n) is 12.7. The Hall–Kier alpha value is -1.04. The second kappa shape index (κ2) is 6.93. The second-order valence-electron chi connectivity index (χ2n) is 5.61. The topological polar surface area (TPSA) is 20.2 Å². The highest BCUT2D eigenvalue weighted by Gasteiger charge is 2.44. The summed E-state index contributed by atoms with van der Waals surface area (Å²) in [5, 5.41) is 11.4. The minimum absolute atomic E-state index is 0.695. The van der Waals surface area contributed by atoms with Crippen molar-refractivity contribution in [2.24, 2.45) is 0 Å². The average molecular weight is 274 g/mol. The lowest BCUT2D eigenvalue weighted by atomic mass is 10.2. The summed E-state index contributed by atoms with van der Waals surface area (Å²) in [7, 11) is -2.01. The van der Waals surface area contributed by atoms with Crippen LogP contribution in [0.4, 0.5) is 0 Å². The van der Waals surface area contributed by atoms with E-state index in [4.69, 9.17) is 0 Å². The van der Waals surface area contributed by atoms with Crippen molar-refractivity contribution >= 4 is 13.3 Å². The van der Waals surface area contributed by atoms with Crippen molar-refractivity contribution in [1.29, 1.82) is 0 Å². The Kier molecular flexibility index (Phi) is 5.84. The summed E-state index contributed by atoms with van der Waals surface area (Å²) in [6.45, 7) is 8.61. The molecular formula is C17H26OSi. The molecule has 0 radical (unpaired) electrons. The molecule has 1 unspecified atom stereocenters. The molecule has 0 fully saturated rings.